The average molecular weight is 316 g/mol. The van der Waals surface area contributed by atoms with E-state index >= 15 is 0 Å². The van der Waals surface area contributed by atoms with Gasteiger partial charge in [-0.1, -0.05) is 12.1 Å². The summed E-state index contributed by atoms with van der Waals surface area (Å²) in [4.78, 5) is 22.1. The van der Waals surface area contributed by atoms with E-state index in [1.54, 1.807) is 19.1 Å². The number of benzene rings is 2. The van der Waals surface area contributed by atoms with Crippen LogP contribution >= 0.6 is 0 Å². The topological polar surface area (TPSA) is 102 Å². The molecule has 0 heterocycles. The van der Waals surface area contributed by atoms with Gasteiger partial charge in [-0.2, -0.15) is 0 Å². The van der Waals surface area contributed by atoms with E-state index in [9.17, 15) is 20.0 Å². The van der Waals surface area contributed by atoms with E-state index in [0.29, 0.717) is 5.75 Å². The Balaban J connectivity index is 2.05. The van der Waals surface area contributed by atoms with Gasteiger partial charge in [-0.3, -0.25) is 14.9 Å². The lowest BCUT2D eigenvalue weighted by Gasteiger charge is -2.15. The summed E-state index contributed by atoms with van der Waals surface area (Å²) < 4.78 is 5.53. The number of ether oxygens (including phenoxy) is 1. The Labute approximate surface area is 132 Å². The highest BCUT2D eigenvalue weighted by Gasteiger charge is 2.18. The van der Waals surface area contributed by atoms with Crippen LogP contribution in [0.4, 0.5) is 11.4 Å². The minimum absolute atomic E-state index is 0.0836. The number of aromatic hydroxyl groups is 1. The quantitative estimate of drug-likeness (QED) is 0.501. The molecule has 2 aromatic rings. The summed E-state index contributed by atoms with van der Waals surface area (Å²) in [5.41, 5.74) is 0.827. The van der Waals surface area contributed by atoms with Crippen LogP contribution in [-0.2, 0) is 4.79 Å². The highest BCUT2D eigenvalue weighted by molar-refractivity contribution is 5.95. The monoisotopic (exact) mass is 316 g/mol. The number of phenols is 1. The molecule has 0 aromatic heterocycles. The van der Waals surface area contributed by atoms with Crippen molar-refractivity contribution in [2.45, 2.75) is 20.0 Å². The molecule has 0 radical (unpaired) electrons. The summed E-state index contributed by atoms with van der Waals surface area (Å²) in [6.07, 6.45) is -0.800. The number of nitro groups is 1. The number of carbonyl (C=O) groups is 1. The minimum atomic E-state index is -0.800. The molecule has 2 aromatic carbocycles. The van der Waals surface area contributed by atoms with E-state index in [0.717, 1.165) is 11.6 Å². The van der Waals surface area contributed by atoms with Crippen molar-refractivity contribution in [2.24, 2.45) is 0 Å². The number of rotatable bonds is 5. The van der Waals surface area contributed by atoms with Crippen LogP contribution in [0.5, 0.6) is 11.5 Å². The lowest BCUT2D eigenvalue weighted by molar-refractivity contribution is -0.384. The van der Waals surface area contributed by atoms with Crippen molar-refractivity contribution in [3.63, 3.8) is 0 Å². The first-order valence-corrected chi connectivity index (χ1v) is 6.88. The predicted molar refractivity (Wildman–Crippen MR) is 84.7 cm³/mol. The fourth-order valence-corrected chi connectivity index (χ4v) is 1.92. The number of phenolic OH excluding ortho intramolecular Hbond substituents is 1. The van der Waals surface area contributed by atoms with Crippen molar-refractivity contribution >= 4 is 17.3 Å². The summed E-state index contributed by atoms with van der Waals surface area (Å²) in [5, 5.41) is 22.8. The van der Waals surface area contributed by atoms with Gasteiger partial charge in [-0.05, 0) is 37.6 Å². The molecular weight excluding hydrogens is 300 g/mol. The standard InChI is InChI=1S/C16H16N2O5/c1-10-4-3-5-13(8-10)23-11(2)16(20)17-14-7-6-12(18(21)22)9-15(14)19/h3-9,11,19H,1-2H3,(H,17,20)/t11-/m0/s1. The lowest BCUT2D eigenvalue weighted by Crippen LogP contribution is -2.30. The molecule has 0 spiro atoms. The predicted octanol–water partition coefficient (Wildman–Crippen LogP) is 3.01. The van der Waals surface area contributed by atoms with Gasteiger partial charge < -0.3 is 15.2 Å². The minimum Gasteiger partial charge on any atom is -0.506 e. The molecule has 2 N–H and O–H groups in total. The fourth-order valence-electron chi connectivity index (χ4n) is 1.92. The van der Waals surface area contributed by atoms with Gasteiger partial charge in [0.15, 0.2) is 6.10 Å². The van der Waals surface area contributed by atoms with Crippen molar-refractivity contribution < 1.29 is 19.6 Å². The lowest BCUT2D eigenvalue weighted by atomic mass is 10.2. The number of nitro benzene ring substituents is 1. The molecule has 0 unspecified atom stereocenters. The largest absolute Gasteiger partial charge is 0.506 e. The highest BCUT2D eigenvalue weighted by atomic mass is 16.6. The van der Waals surface area contributed by atoms with Crippen molar-refractivity contribution in [3.8, 4) is 11.5 Å². The molecule has 0 saturated heterocycles. The Morgan fingerprint density at radius 2 is 2.04 bits per heavy atom. The van der Waals surface area contributed by atoms with Gasteiger partial charge in [0.05, 0.1) is 16.7 Å². The Kier molecular flexibility index (Phi) is 4.80. The zero-order valence-electron chi connectivity index (χ0n) is 12.6. The van der Waals surface area contributed by atoms with Crippen LogP contribution < -0.4 is 10.1 Å². The summed E-state index contributed by atoms with van der Waals surface area (Å²) in [5.74, 6) is -0.300. The molecule has 1 atom stereocenters. The Hall–Kier alpha value is -3.09. The molecule has 0 fully saturated rings. The second-order valence-electron chi connectivity index (χ2n) is 5.02. The van der Waals surface area contributed by atoms with Crippen molar-refractivity contribution in [1.29, 1.82) is 0 Å². The van der Waals surface area contributed by atoms with Crippen LogP contribution in [0.1, 0.15) is 12.5 Å². The van der Waals surface area contributed by atoms with Gasteiger partial charge >= 0.3 is 0 Å². The maximum absolute atomic E-state index is 12.1. The number of hydrogen-bond donors (Lipinski definition) is 2. The third kappa shape index (κ3) is 4.19. The Morgan fingerprint density at radius 3 is 2.65 bits per heavy atom. The third-order valence-electron chi connectivity index (χ3n) is 3.12. The number of nitrogens with one attached hydrogen (secondary N) is 1. The Morgan fingerprint density at radius 1 is 1.30 bits per heavy atom. The number of non-ortho nitro benzene ring substituents is 1. The van der Waals surface area contributed by atoms with Crippen LogP contribution in [0.25, 0.3) is 0 Å². The van der Waals surface area contributed by atoms with Gasteiger partial charge in [-0.15, -0.1) is 0 Å². The number of nitrogens with zero attached hydrogens (tertiary/aromatic N) is 1. The van der Waals surface area contributed by atoms with Crippen molar-refractivity contribution in [3.05, 3.63) is 58.1 Å². The highest BCUT2D eigenvalue weighted by Crippen LogP contribution is 2.28. The first kappa shape index (κ1) is 16.3. The Bertz CT molecular complexity index is 745. The van der Waals surface area contributed by atoms with Gasteiger partial charge in [-0.25, -0.2) is 0 Å². The number of hydrogen-bond acceptors (Lipinski definition) is 5. The smallest absolute Gasteiger partial charge is 0.273 e. The average Bonchev–Trinajstić information content (AvgIpc) is 2.49. The first-order valence-electron chi connectivity index (χ1n) is 6.88. The van der Waals surface area contributed by atoms with Crippen LogP contribution in [0.15, 0.2) is 42.5 Å². The summed E-state index contributed by atoms with van der Waals surface area (Å²) in [6, 6.07) is 10.7. The second kappa shape index (κ2) is 6.78. The summed E-state index contributed by atoms with van der Waals surface area (Å²) in [6.45, 7) is 3.48. The molecule has 2 rings (SSSR count). The zero-order valence-corrected chi connectivity index (χ0v) is 12.6. The van der Waals surface area contributed by atoms with E-state index in [1.165, 1.54) is 12.1 Å². The molecule has 0 aliphatic rings. The number of aryl methyl sites for hydroxylation is 1. The summed E-state index contributed by atoms with van der Waals surface area (Å²) in [7, 11) is 0. The molecule has 0 aliphatic heterocycles. The normalized spacial score (nSPS) is 11.6. The summed E-state index contributed by atoms with van der Waals surface area (Å²) >= 11 is 0. The van der Waals surface area contributed by atoms with Crippen LogP contribution in [0.3, 0.4) is 0 Å². The first-order chi connectivity index (χ1) is 10.9. The molecule has 1 amide bonds. The van der Waals surface area contributed by atoms with Crippen molar-refractivity contribution in [2.75, 3.05) is 5.32 Å². The molecule has 120 valence electrons. The van der Waals surface area contributed by atoms with Gasteiger partial charge in [0.2, 0.25) is 0 Å². The molecule has 23 heavy (non-hydrogen) atoms. The maximum Gasteiger partial charge on any atom is 0.273 e. The van der Waals surface area contributed by atoms with Crippen LogP contribution in [0, 0.1) is 17.0 Å². The van der Waals surface area contributed by atoms with E-state index < -0.39 is 16.9 Å². The molecule has 0 bridgehead atoms. The van der Waals surface area contributed by atoms with E-state index in [1.807, 2.05) is 19.1 Å². The number of anilines is 1. The number of carbonyl (C=O) groups excluding carboxylic acids is 1. The van der Waals surface area contributed by atoms with Gasteiger partial charge in [0.25, 0.3) is 11.6 Å². The zero-order chi connectivity index (χ0) is 17.0. The van der Waals surface area contributed by atoms with Crippen molar-refractivity contribution in [1.82, 2.24) is 0 Å². The molecule has 0 aliphatic carbocycles. The van der Waals surface area contributed by atoms with Crippen LogP contribution in [-0.4, -0.2) is 22.0 Å². The van der Waals surface area contributed by atoms with E-state index in [2.05, 4.69) is 5.32 Å². The SMILES string of the molecule is Cc1cccc(O[C@@H](C)C(=O)Nc2ccc([N+](=O)[O-])cc2O)c1. The van der Waals surface area contributed by atoms with Gasteiger partial charge in [0.1, 0.15) is 11.5 Å². The maximum atomic E-state index is 12.1. The molecular formula is C16H16N2O5. The molecule has 0 saturated carbocycles. The second-order valence-corrected chi connectivity index (χ2v) is 5.02. The molecule has 7 heteroatoms. The van der Waals surface area contributed by atoms with E-state index in [-0.39, 0.29) is 17.1 Å². The van der Waals surface area contributed by atoms with Crippen LogP contribution in [0.2, 0.25) is 0 Å². The molecule has 7 nitrogen and oxygen atoms in total. The fraction of sp³-hybridized carbons (Fsp3) is 0.188. The van der Waals surface area contributed by atoms with Gasteiger partial charge in [0, 0.05) is 6.07 Å². The number of amides is 1. The third-order valence-corrected chi connectivity index (χ3v) is 3.12. The van der Waals surface area contributed by atoms with E-state index in [4.69, 9.17) is 4.74 Å².